The standard InChI is InChI=1S/C16H14N2O2S/c1-12-6-2-5-9-16(12)21(19,20)18-15-11-17-10-13-7-3-4-8-14(13)15/h2-11,18H,1H3. The van der Waals surface area contributed by atoms with Crippen molar-refractivity contribution in [2.24, 2.45) is 0 Å². The Morgan fingerprint density at radius 3 is 2.48 bits per heavy atom. The summed E-state index contributed by atoms with van der Waals surface area (Å²) in [5.41, 5.74) is 1.19. The molecule has 0 aliphatic heterocycles. The largest absolute Gasteiger partial charge is 0.277 e. The van der Waals surface area contributed by atoms with Gasteiger partial charge in [0.05, 0.1) is 16.8 Å². The first-order valence-corrected chi connectivity index (χ1v) is 7.97. The van der Waals surface area contributed by atoms with Gasteiger partial charge in [0.1, 0.15) is 0 Å². The van der Waals surface area contributed by atoms with Crippen LogP contribution in [0.5, 0.6) is 0 Å². The normalized spacial score (nSPS) is 11.5. The van der Waals surface area contributed by atoms with Crippen LogP contribution in [-0.2, 0) is 10.0 Å². The molecule has 0 amide bonds. The molecule has 5 heteroatoms. The second-order valence-electron chi connectivity index (χ2n) is 4.78. The molecule has 0 unspecified atom stereocenters. The number of sulfonamides is 1. The summed E-state index contributed by atoms with van der Waals surface area (Å²) >= 11 is 0. The number of fused-ring (bicyclic) bond motifs is 1. The molecule has 0 saturated heterocycles. The van der Waals surface area contributed by atoms with Gasteiger partial charge >= 0.3 is 0 Å². The van der Waals surface area contributed by atoms with E-state index in [0.717, 1.165) is 10.8 Å². The van der Waals surface area contributed by atoms with Gasteiger partial charge < -0.3 is 0 Å². The predicted octanol–water partition coefficient (Wildman–Crippen LogP) is 3.34. The highest BCUT2D eigenvalue weighted by molar-refractivity contribution is 7.92. The molecule has 3 rings (SSSR count). The molecule has 0 spiro atoms. The van der Waals surface area contributed by atoms with Crippen molar-refractivity contribution in [2.75, 3.05) is 4.72 Å². The molecule has 0 fully saturated rings. The van der Waals surface area contributed by atoms with Gasteiger partial charge in [-0.1, -0.05) is 42.5 Å². The van der Waals surface area contributed by atoms with Crippen LogP contribution in [0.2, 0.25) is 0 Å². The number of benzene rings is 2. The van der Waals surface area contributed by atoms with E-state index in [2.05, 4.69) is 9.71 Å². The average Bonchev–Trinajstić information content (AvgIpc) is 2.47. The maximum atomic E-state index is 12.5. The molecular weight excluding hydrogens is 284 g/mol. The topological polar surface area (TPSA) is 59.1 Å². The van der Waals surface area contributed by atoms with Crippen molar-refractivity contribution in [3.63, 3.8) is 0 Å². The molecule has 0 aliphatic rings. The Hall–Kier alpha value is -2.40. The van der Waals surface area contributed by atoms with Gasteiger partial charge in [-0.15, -0.1) is 0 Å². The van der Waals surface area contributed by atoms with Crippen molar-refractivity contribution >= 4 is 26.5 Å². The Balaban J connectivity index is 2.08. The lowest BCUT2D eigenvalue weighted by Gasteiger charge is -2.11. The monoisotopic (exact) mass is 298 g/mol. The number of hydrogen-bond donors (Lipinski definition) is 1. The highest BCUT2D eigenvalue weighted by Crippen LogP contribution is 2.25. The van der Waals surface area contributed by atoms with E-state index in [0.29, 0.717) is 11.3 Å². The molecule has 1 N–H and O–H groups in total. The van der Waals surface area contributed by atoms with Crippen LogP contribution in [0.1, 0.15) is 5.56 Å². The number of aryl methyl sites for hydroxylation is 1. The van der Waals surface area contributed by atoms with Gasteiger partial charge in [0.2, 0.25) is 0 Å². The van der Waals surface area contributed by atoms with E-state index in [1.807, 2.05) is 30.3 Å². The first kappa shape index (κ1) is 13.6. The summed E-state index contributed by atoms with van der Waals surface area (Å²) in [6.07, 6.45) is 3.24. The van der Waals surface area contributed by atoms with Crippen molar-refractivity contribution in [1.82, 2.24) is 4.98 Å². The third-order valence-electron chi connectivity index (χ3n) is 3.30. The minimum Gasteiger partial charge on any atom is -0.277 e. The molecule has 1 heterocycles. The third kappa shape index (κ3) is 2.60. The summed E-state index contributed by atoms with van der Waals surface area (Å²) in [7, 11) is -3.63. The van der Waals surface area contributed by atoms with Crippen LogP contribution in [0, 0.1) is 6.92 Å². The smallest absolute Gasteiger partial charge is 0.262 e. The molecule has 2 aromatic carbocycles. The minimum absolute atomic E-state index is 0.276. The summed E-state index contributed by atoms with van der Waals surface area (Å²) in [5, 5.41) is 1.71. The van der Waals surface area contributed by atoms with E-state index >= 15 is 0 Å². The van der Waals surface area contributed by atoms with Gasteiger partial charge in [0, 0.05) is 17.0 Å². The zero-order chi connectivity index (χ0) is 14.9. The molecule has 21 heavy (non-hydrogen) atoms. The lowest BCUT2D eigenvalue weighted by Crippen LogP contribution is -2.14. The lowest BCUT2D eigenvalue weighted by molar-refractivity contribution is 0.600. The molecule has 4 nitrogen and oxygen atoms in total. The summed E-state index contributed by atoms with van der Waals surface area (Å²) in [6.45, 7) is 1.77. The van der Waals surface area contributed by atoms with E-state index < -0.39 is 10.0 Å². The first-order valence-electron chi connectivity index (χ1n) is 6.49. The molecule has 0 aliphatic carbocycles. The number of rotatable bonds is 3. The van der Waals surface area contributed by atoms with Gasteiger partial charge in [-0.3, -0.25) is 9.71 Å². The molecule has 3 aromatic rings. The first-order chi connectivity index (χ1) is 10.1. The highest BCUT2D eigenvalue weighted by Gasteiger charge is 2.17. The van der Waals surface area contributed by atoms with E-state index in [-0.39, 0.29) is 4.90 Å². The van der Waals surface area contributed by atoms with Crippen LogP contribution in [0.3, 0.4) is 0 Å². The molecule has 0 saturated carbocycles. The zero-order valence-electron chi connectivity index (χ0n) is 11.4. The maximum absolute atomic E-state index is 12.5. The van der Waals surface area contributed by atoms with Crippen LogP contribution in [0.15, 0.2) is 65.8 Å². The maximum Gasteiger partial charge on any atom is 0.262 e. The van der Waals surface area contributed by atoms with Crippen LogP contribution in [0.4, 0.5) is 5.69 Å². The fraction of sp³-hybridized carbons (Fsp3) is 0.0625. The number of anilines is 1. The Labute approximate surface area is 123 Å². The molecule has 106 valence electrons. The Bertz CT molecular complexity index is 900. The van der Waals surface area contributed by atoms with Gasteiger partial charge in [-0.2, -0.15) is 0 Å². The zero-order valence-corrected chi connectivity index (χ0v) is 12.3. The average molecular weight is 298 g/mol. The quantitative estimate of drug-likeness (QED) is 0.806. The Morgan fingerprint density at radius 1 is 0.952 bits per heavy atom. The highest BCUT2D eigenvalue weighted by atomic mass is 32.2. The summed E-state index contributed by atoms with van der Waals surface area (Å²) < 4.78 is 27.7. The molecule has 0 radical (unpaired) electrons. The third-order valence-corrected chi connectivity index (χ3v) is 4.82. The fourth-order valence-corrected chi connectivity index (χ4v) is 3.57. The molecule has 0 bridgehead atoms. The van der Waals surface area contributed by atoms with Gasteiger partial charge in [0.15, 0.2) is 0 Å². The van der Waals surface area contributed by atoms with Crippen molar-refractivity contribution in [3.8, 4) is 0 Å². The SMILES string of the molecule is Cc1ccccc1S(=O)(=O)Nc1cncc2ccccc12. The van der Waals surface area contributed by atoms with Gasteiger partial charge in [0.25, 0.3) is 10.0 Å². The number of hydrogen-bond acceptors (Lipinski definition) is 3. The van der Waals surface area contributed by atoms with E-state index in [1.54, 1.807) is 31.3 Å². The van der Waals surface area contributed by atoms with Gasteiger partial charge in [-0.25, -0.2) is 8.42 Å². The number of aromatic nitrogens is 1. The fourth-order valence-electron chi connectivity index (χ4n) is 2.26. The van der Waals surface area contributed by atoms with Gasteiger partial charge in [-0.05, 0) is 18.6 Å². The van der Waals surface area contributed by atoms with Crippen LogP contribution in [-0.4, -0.2) is 13.4 Å². The van der Waals surface area contributed by atoms with Crippen molar-refractivity contribution < 1.29 is 8.42 Å². The number of nitrogens with zero attached hydrogens (tertiary/aromatic N) is 1. The van der Waals surface area contributed by atoms with Crippen molar-refractivity contribution in [3.05, 3.63) is 66.5 Å². The number of nitrogens with one attached hydrogen (secondary N) is 1. The second kappa shape index (κ2) is 5.18. The molecule has 1 aromatic heterocycles. The molecular formula is C16H14N2O2S. The van der Waals surface area contributed by atoms with Crippen LogP contribution >= 0.6 is 0 Å². The van der Waals surface area contributed by atoms with Crippen molar-refractivity contribution in [2.45, 2.75) is 11.8 Å². The lowest BCUT2D eigenvalue weighted by atomic mass is 10.1. The van der Waals surface area contributed by atoms with Crippen LogP contribution in [0.25, 0.3) is 10.8 Å². The summed E-state index contributed by atoms with van der Waals surface area (Å²) in [4.78, 5) is 4.36. The summed E-state index contributed by atoms with van der Waals surface area (Å²) in [6, 6.07) is 14.4. The van der Waals surface area contributed by atoms with E-state index in [9.17, 15) is 8.42 Å². The summed E-state index contributed by atoms with van der Waals surface area (Å²) in [5.74, 6) is 0. The van der Waals surface area contributed by atoms with Crippen molar-refractivity contribution in [1.29, 1.82) is 0 Å². The Morgan fingerprint density at radius 2 is 1.67 bits per heavy atom. The van der Waals surface area contributed by atoms with E-state index in [4.69, 9.17) is 0 Å². The minimum atomic E-state index is -3.63. The predicted molar refractivity (Wildman–Crippen MR) is 83.7 cm³/mol. The van der Waals surface area contributed by atoms with Crippen LogP contribution < -0.4 is 4.72 Å². The van der Waals surface area contributed by atoms with E-state index in [1.165, 1.54) is 6.20 Å². The second-order valence-corrected chi connectivity index (χ2v) is 6.43. The molecule has 0 atom stereocenters. The Kier molecular flexibility index (Phi) is 3.35. The number of pyridine rings is 1.